The smallest absolute Gasteiger partial charge is 0.143 e. The molecule has 0 saturated heterocycles. The Hall–Kier alpha value is -1.00. The third-order valence-electron chi connectivity index (χ3n) is 3.13. The molecule has 0 spiro atoms. The van der Waals surface area contributed by atoms with E-state index in [4.69, 9.17) is 5.73 Å². The molecular weight excluding hydrogens is 230 g/mol. The highest BCUT2D eigenvalue weighted by Gasteiger charge is 2.09. The van der Waals surface area contributed by atoms with E-state index in [0.717, 1.165) is 35.7 Å². The van der Waals surface area contributed by atoms with E-state index in [1.807, 2.05) is 18.3 Å². The van der Waals surface area contributed by atoms with Crippen molar-refractivity contribution in [2.75, 3.05) is 6.54 Å². The van der Waals surface area contributed by atoms with Crippen LogP contribution in [0, 0.1) is 5.92 Å². The molecule has 0 amide bonds. The lowest BCUT2D eigenvalue weighted by molar-refractivity contribution is 0.443. The van der Waals surface area contributed by atoms with Gasteiger partial charge < -0.3 is 5.73 Å². The lowest BCUT2D eigenvalue weighted by Crippen LogP contribution is -2.08. The van der Waals surface area contributed by atoms with E-state index in [2.05, 4.69) is 16.9 Å². The highest BCUT2D eigenvalue weighted by Crippen LogP contribution is 2.23. The summed E-state index contributed by atoms with van der Waals surface area (Å²) in [6.07, 6.45) is 6.40. The molecule has 0 aliphatic heterocycles. The molecule has 0 fully saturated rings. The van der Waals surface area contributed by atoms with Crippen LogP contribution in [0.3, 0.4) is 0 Å². The summed E-state index contributed by atoms with van der Waals surface area (Å²) in [5, 5.41) is 1.20. The third kappa shape index (κ3) is 3.23. The summed E-state index contributed by atoms with van der Waals surface area (Å²) in [6, 6.07) is 3.97. The van der Waals surface area contributed by atoms with Gasteiger partial charge in [0.1, 0.15) is 10.3 Å². The topological polar surface area (TPSA) is 51.8 Å². The monoisotopic (exact) mass is 249 g/mol. The molecular formula is C13H19N3S. The highest BCUT2D eigenvalue weighted by molar-refractivity contribution is 7.18. The van der Waals surface area contributed by atoms with Gasteiger partial charge in [0, 0.05) is 6.20 Å². The maximum Gasteiger partial charge on any atom is 0.143 e. The van der Waals surface area contributed by atoms with Crippen LogP contribution in [0.2, 0.25) is 0 Å². The van der Waals surface area contributed by atoms with E-state index in [0.29, 0.717) is 0 Å². The Labute approximate surface area is 106 Å². The average molecular weight is 249 g/mol. The zero-order valence-electron chi connectivity index (χ0n) is 10.2. The van der Waals surface area contributed by atoms with Crippen LogP contribution < -0.4 is 5.73 Å². The van der Waals surface area contributed by atoms with Gasteiger partial charge in [-0.25, -0.2) is 9.97 Å². The Bertz CT molecular complexity index is 433. The number of thiazole rings is 1. The fourth-order valence-electron chi connectivity index (χ4n) is 2.04. The van der Waals surface area contributed by atoms with Gasteiger partial charge in [0.05, 0.1) is 5.01 Å². The molecule has 0 saturated carbocycles. The lowest BCUT2D eigenvalue weighted by Gasteiger charge is -2.11. The van der Waals surface area contributed by atoms with Crippen molar-refractivity contribution < 1.29 is 0 Å². The fourth-order valence-corrected chi connectivity index (χ4v) is 2.96. The van der Waals surface area contributed by atoms with Gasteiger partial charge in [-0.1, -0.05) is 24.7 Å². The second-order valence-electron chi connectivity index (χ2n) is 4.33. The quantitative estimate of drug-likeness (QED) is 0.856. The normalized spacial score (nSPS) is 13.1. The van der Waals surface area contributed by atoms with Crippen molar-refractivity contribution >= 4 is 21.7 Å². The molecule has 0 aliphatic rings. The van der Waals surface area contributed by atoms with Crippen molar-refractivity contribution in [2.24, 2.45) is 11.7 Å². The Morgan fingerprint density at radius 3 is 3.00 bits per heavy atom. The van der Waals surface area contributed by atoms with E-state index >= 15 is 0 Å². The van der Waals surface area contributed by atoms with Crippen LogP contribution in [0.15, 0.2) is 18.3 Å². The summed E-state index contributed by atoms with van der Waals surface area (Å²) >= 11 is 1.71. The predicted octanol–water partition coefficient (Wildman–Crippen LogP) is 3.00. The first-order valence-electron chi connectivity index (χ1n) is 6.24. The number of hydrogen-bond acceptors (Lipinski definition) is 4. The molecule has 17 heavy (non-hydrogen) atoms. The van der Waals surface area contributed by atoms with E-state index in [1.165, 1.54) is 17.8 Å². The zero-order chi connectivity index (χ0) is 12.1. The molecule has 2 aromatic heterocycles. The molecule has 3 nitrogen and oxygen atoms in total. The van der Waals surface area contributed by atoms with Crippen molar-refractivity contribution in [1.82, 2.24) is 9.97 Å². The number of fused-ring (bicyclic) bond motifs is 1. The number of hydrogen-bond donors (Lipinski definition) is 1. The standard InChI is InChI=1S/C13H19N3S/c1-2-10(7-8-14)5-6-12-16-11-4-3-9-15-13(11)17-12/h3-4,9-10H,2,5-8,14H2,1H3. The van der Waals surface area contributed by atoms with Crippen LogP contribution in [-0.2, 0) is 6.42 Å². The number of rotatable bonds is 6. The van der Waals surface area contributed by atoms with Crippen molar-refractivity contribution in [3.8, 4) is 0 Å². The van der Waals surface area contributed by atoms with Gasteiger partial charge in [0.15, 0.2) is 0 Å². The molecule has 2 rings (SSSR count). The Kier molecular flexibility index (Phi) is 4.45. The van der Waals surface area contributed by atoms with Crippen molar-refractivity contribution in [3.63, 3.8) is 0 Å². The molecule has 0 aliphatic carbocycles. The molecule has 4 heteroatoms. The fraction of sp³-hybridized carbons (Fsp3) is 0.538. The zero-order valence-corrected chi connectivity index (χ0v) is 11.0. The minimum atomic E-state index is 0.736. The summed E-state index contributed by atoms with van der Waals surface area (Å²) < 4.78 is 0. The second kappa shape index (κ2) is 6.07. The van der Waals surface area contributed by atoms with Gasteiger partial charge in [-0.05, 0) is 43.9 Å². The first-order chi connectivity index (χ1) is 8.33. The molecule has 2 N–H and O–H groups in total. The summed E-state index contributed by atoms with van der Waals surface area (Å²) in [6.45, 7) is 3.03. The summed E-state index contributed by atoms with van der Waals surface area (Å²) in [5.41, 5.74) is 6.64. The predicted molar refractivity (Wildman–Crippen MR) is 73.2 cm³/mol. The summed E-state index contributed by atoms with van der Waals surface area (Å²) in [5.74, 6) is 0.736. The highest BCUT2D eigenvalue weighted by atomic mass is 32.1. The van der Waals surface area contributed by atoms with Crippen molar-refractivity contribution in [2.45, 2.75) is 32.6 Å². The van der Waals surface area contributed by atoms with Crippen LogP contribution in [0.5, 0.6) is 0 Å². The Morgan fingerprint density at radius 2 is 2.29 bits per heavy atom. The van der Waals surface area contributed by atoms with E-state index in [9.17, 15) is 0 Å². The number of nitrogens with zero attached hydrogens (tertiary/aromatic N) is 2. The van der Waals surface area contributed by atoms with Crippen LogP contribution in [0.4, 0.5) is 0 Å². The first kappa shape index (κ1) is 12.5. The largest absolute Gasteiger partial charge is 0.330 e. The number of nitrogens with two attached hydrogens (primary N) is 1. The lowest BCUT2D eigenvalue weighted by atomic mass is 9.97. The van der Waals surface area contributed by atoms with E-state index in [-0.39, 0.29) is 0 Å². The number of aryl methyl sites for hydroxylation is 1. The van der Waals surface area contributed by atoms with Gasteiger partial charge in [-0.15, -0.1) is 0 Å². The van der Waals surface area contributed by atoms with Crippen LogP contribution in [0.25, 0.3) is 10.3 Å². The van der Waals surface area contributed by atoms with Gasteiger partial charge in [0.2, 0.25) is 0 Å². The van der Waals surface area contributed by atoms with Crippen molar-refractivity contribution in [1.29, 1.82) is 0 Å². The molecule has 0 radical (unpaired) electrons. The average Bonchev–Trinajstić information content (AvgIpc) is 2.77. The first-order valence-corrected chi connectivity index (χ1v) is 7.05. The molecule has 2 heterocycles. The minimum Gasteiger partial charge on any atom is -0.330 e. The van der Waals surface area contributed by atoms with Crippen molar-refractivity contribution in [3.05, 3.63) is 23.3 Å². The van der Waals surface area contributed by atoms with E-state index in [1.54, 1.807) is 11.3 Å². The second-order valence-corrected chi connectivity index (χ2v) is 5.39. The molecule has 92 valence electrons. The summed E-state index contributed by atoms with van der Waals surface area (Å²) in [4.78, 5) is 9.98. The molecule has 0 bridgehead atoms. The van der Waals surface area contributed by atoms with Gasteiger partial charge in [0.25, 0.3) is 0 Å². The van der Waals surface area contributed by atoms with Crippen LogP contribution in [-0.4, -0.2) is 16.5 Å². The molecule has 1 atom stereocenters. The summed E-state index contributed by atoms with van der Waals surface area (Å²) in [7, 11) is 0. The SMILES string of the molecule is CCC(CCN)CCc1nc2cccnc2s1. The van der Waals surface area contributed by atoms with Crippen LogP contribution >= 0.6 is 11.3 Å². The minimum absolute atomic E-state index is 0.736. The Balaban J connectivity index is 1.98. The molecule has 0 aromatic carbocycles. The maximum atomic E-state index is 5.61. The van der Waals surface area contributed by atoms with Gasteiger partial charge >= 0.3 is 0 Å². The molecule has 1 unspecified atom stereocenters. The Morgan fingerprint density at radius 1 is 1.41 bits per heavy atom. The third-order valence-corrected chi connectivity index (χ3v) is 4.17. The number of pyridine rings is 1. The van der Waals surface area contributed by atoms with Gasteiger partial charge in [-0.2, -0.15) is 0 Å². The number of aromatic nitrogens is 2. The maximum absolute atomic E-state index is 5.61. The van der Waals surface area contributed by atoms with Crippen LogP contribution in [0.1, 0.15) is 31.2 Å². The molecule has 2 aromatic rings. The van der Waals surface area contributed by atoms with E-state index < -0.39 is 0 Å². The van der Waals surface area contributed by atoms with Gasteiger partial charge in [-0.3, -0.25) is 0 Å².